The molecule has 0 spiro atoms. The molecule has 0 saturated carbocycles. The van der Waals surface area contributed by atoms with Gasteiger partial charge in [0.15, 0.2) is 9.84 Å². The summed E-state index contributed by atoms with van der Waals surface area (Å²) in [5, 5.41) is 2.07. The highest BCUT2D eigenvalue weighted by Gasteiger charge is 2.08. The van der Waals surface area contributed by atoms with Crippen LogP contribution in [-0.4, -0.2) is 24.6 Å². The van der Waals surface area contributed by atoms with E-state index < -0.39 is 9.84 Å². The zero-order valence-corrected chi connectivity index (χ0v) is 14.9. The predicted molar refractivity (Wildman–Crippen MR) is 94.0 cm³/mol. The molecule has 0 aliphatic carbocycles. The van der Waals surface area contributed by atoms with Crippen molar-refractivity contribution in [2.24, 2.45) is 0 Å². The first-order valence-corrected chi connectivity index (χ1v) is 9.98. The van der Waals surface area contributed by atoms with Gasteiger partial charge in [-0.15, -0.1) is 11.3 Å². The van der Waals surface area contributed by atoms with Crippen molar-refractivity contribution in [3.8, 4) is 17.1 Å². The first-order valence-electron chi connectivity index (χ1n) is 7.21. The average molecular weight is 360 g/mol. The van der Waals surface area contributed by atoms with Gasteiger partial charge in [-0.1, -0.05) is 12.1 Å². The number of benzene rings is 1. The van der Waals surface area contributed by atoms with Crippen LogP contribution < -0.4 is 4.74 Å². The van der Waals surface area contributed by atoms with Gasteiger partial charge < -0.3 is 4.74 Å². The molecule has 0 unspecified atom stereocenters. The van der Waals surface area contributed by atoms with Crippen LogP contribution in [0.1, 0.15) is 10.4 Å². The number of hydrogen-bond donors (Lipinski definition) is 0. The molecular weight excluding hydrogens is 344 g/mol. The standard InChI is InChI=1S/C17H16N2O3S2/c1-12-7-14(23-11-12)10-22-17-9-18-8-16(19-17)13-3-5-15(6-4-13)24(2,20)21/h3-9,11H,10H2,1-2H3. The summed E-state index contributed by atoms with van der Waals surface area (Å²) in [5.74, 6) is 0.436. The van der Waals surface area contributed by atoms with Gasteiger partial charge in [-0.2, -0.15) is 0 Å². The molecule has 24 heavy (non-hydrogen) atoms. The van der Waals surface area contributed by atoms with Crippen LogP contribution in [-0.2, 0) is 16.4 Å². The molecule has 124 valence electrons. The minimum atomic E-state index is -3.21. The molecule has 2 heterocycles. The molecule has 3 rings (SSSR count). The second-order valence-corrected chi connectivity index (χ2v) is 8.43. The Morgan fingerprint density at radius 1 is 1.17 bits per heavy atom. The van der Waals surface area contributed by atoms with E-state index in [1.54, 1.807) is 48.0 Å². The zero-order valence-electron chi connectivity index (χ0n) is 13.3. The second-order valence-electron chi connectivity index (χ2n) is 5.42. The Hall–Kier alpha value is -2.25. The first kappa shape index (κ1) is 16.6. The van der Waals surface area contributed by atoms with Crippen LogP contribution in [0.2, 0.25) is 0 Å². The summed E-state index contributed by atoms with van der Waals surface area (Å²) in [7, 11) is -3.21. The van der Waals surface area contributed by atoms with Crippen molar-refractivity contribution in [1.82, 2.24) is 9.97 Å². The van der Waals surface area contributed by atoms with E-state index in [-0.39, 0.29) is 4.90 Å². The van der Waals surface area contributed by atoms with E-state index in [0.29, 0.717) is 18.2 Å². The maximum Gasteiger partial charge on any atom is 0.233 e. The van der Waals surface area contributed by atoms with Crippen molar-refractivity contribution in [3.05, 3.63) is 58.5 Å². The van der Waals surface area contributed by atoms with Gasteiger partial charge in [0, 0.05) is 16.7 Å². The van der Waals surface area contributed by atoms with Gasteiger partial charge in [-0.25, -0.2) is 13.4 Å². The van der Waals surface area contributed by atoms with Gasteiger partial charge in [0.05, 0.1) is 23.0 Å². The molecule has 0 aliphatic rings. The largest absolute Gasteiger partial charge is 0.471 e. The fourth-order valence-corrected chi connectivity index (χ4v) is 3.56. The topological polar surface area (TPSA) is 69.2 Å². The quantitative estimate of drug-likeness (QED) is 0.696. The van der Waals surface area contributed by atoms with Crippen LogP contribution in [0.25, 0.3) is 11.3 Å². The molecule has 0 N–H and O–H groups in total. The highest BCUT2D eigenvalue weighted by molar-refractivity contribution is 7.90. The molecule has 3 aromatic rings. The third-order valence-electron chi connectivity index (χ3n) is 3.34. The smallest absolute Gasteiger partial charge is 0.233 e. The number of rotatable bonds is 5. The van der Waals surface area contributed by atoms with Crippen LogP contribution in [0.15, 0.2) is 53.0 Å². The molecule has 0 amide bonds. The molecular formula is C17H16N2O3S2. The Kier molecular flexibility index (Phi) is 4.64. The zero-order chi connectivity index (χ0) is 17.2. The number of nitrogens with zero attached hydrogens (tertiary/aromatic N) is 2. The molecule has 0 aliphatic heterocycles. The van der Waals surface area contributed by atoms with E-state index in [0.717, 1.165) is 10.4 Å². The maximum atomic E-state index is 11.5. The lowest BCUT2D eigenvalue weighted by atomic mass is 10.2. The summed E-state index contributed by atoms with van der Waals surface area (Å²) in [5.41, 5.74) is 2.63. The Balaban J connectivity index is 1.77. The lowest BCUT2D eigenvalue weighted by Crippen LogP contribution is -1.98. The van der Waals surface area contributed by atoms with Crippen LogP contribution in [0.4, 0.5) is 0 Å². The lowest BCUT2D eigenvalue weighted by molar-refractivity contribution is 0.296. The van der Waals surface area contributed by atoms with Crippen LogP contribution in [0.3, 0.4) is 0 Å². The average Bonchev–Trinajstić information content (AvgIpc) is 2.98. The maximum absolute atomic E-state index is 11.5. The molecule has 7 heteroatoms. The van der Waals surface area contributed by atoms with E-state index in [1.165, 1.54) is 11.8 Å². The van der Waals surface area contributed by atoms with Crippen molar-refractivity contribution < 1.29 is 13.2 Å². The highest BCUT2D eigenvalue weighted by atomic mass is 32.2. The monoisotopic (exact) mass is 360 g/mol. The third kappa shape index (κ3) is 3.98. The van der Waals surface area contributed by atoms with E-state index in [2.05, 4.69) is 21.4 Å². The van der Waals surface area contributed by atoms with Gasteiger partial charge in [0.1, 0.15) is 6.61 Å². The predicted octanol–water partition coefficient (Wildman–Crippen LogP) is 3.50. The fourth-order valence-electron chi connectivity index (χ4n) is 2.14. The summed E-state index contributed by atoms with van der Waals surface area (Å²) in [6.07, 6.45) is 4.37. The van der Waals surface area contributed by atoms with E-state index in [4.69, 9.17) is 4.74 Å². The number of hydrogen-bond acceptors (Lipinski definition) is 6. The third-order valence-corrected chi connectivity index (χ3v) is 5.49. The number of ether oxygens (including phenoxy) is 1. The molecule has 0 fully saturated rings. The summed E-state index contributed by atoms with van der Waals surface area (Å²) in [6.45, 7) is 2.49. The lowest BCUT2D eigenvalue weighted by Gasteiger charge is -2.06. The number of aromatic nitrogens is 2. The second kappa shape index (κ2) is 6.70. The number of aryl methyl sites for hydroxylation is 1. The molecule has 0 atom stereocenters. The normalized spacial score (nSPS) is 11.4. The Morgan fingerprint density at radius 3 is 2.54 bits per heavy atom. The Labute approximate surface area is 144 Å². The number of sulfone groups is 1. The van der Waals surface area contributed by atoms with E-state index >= 15 is 0 Å². The molecule has 0 radical (unpaired) electrons. The Bertz CT molecular complexity index is 948. The fraction of sp³-hybridized carbons (Fsp3) is 0.176. The highest BCUT2D eigenvalue weighted by Crippen LogP contribution is 2.22. The van der Waals surface area contributed by atoms with Crippen molar-refractivity contribution in [2.45, 2.75) is 18.4 Å². The molecule has 5 nitrogen and oxygen atoms in total. The van der Waals surface area contributed by atoms with Crippen molar-refractivity contribution in [1.29, 1.82) is 0 Å². The van der Waals surface area contributed by atoms with Gasteiger partial charge in [-0.3, -0.25) is 4.98 Å². The van der Waals surface area contributed by atoms with E-state index in [9.17, 15) is 8.42 Å². The van der Waals surface area contributed by atoms with Gasteiger partial charge >= 0.3 is 0 Å². The Morgan fingerprint density at radius 2 is 1.92 bits per heavy atom. The van der Waals surface area contributed by atoms with Gasteiger partial charge in [-0.05, 0) is 36.1 Å². The molecule has 2 aromatic heterocycles. The first-order chi connectivity index (χ1) is 11.4. The van der Waals surface area contributed by atoms with Crippen LogP contribution in [0.5, 0.6) is 5.88 Å². The minimum absolute atomic E-state index is 0.277. The summed E-state index contributed by atoms with van der Waals surface area (Å²) < 4.78 is 28.7. The van der Waals surface area contributed by atoms with Crippen molar-refractivity contribution in [3.63, 3.8) is 0 Å². The number of thiophene rings is 1. The summed E-state index contributed by atoms with van der Waals surface area (Å²) in [6, 6.07) is 8.63. The summed E-state index contributed by atoms with van der Waals surface area (Å²) >= 11 is 1.64. The van der Waals surface area contributed by atoms with Crippen LogP contribution in [0, 0.1) is 6.92 Å². The van der Waals surface area contributed by atoms with Crippen molar-refractivity contribution >= 4 is 21.2 Å². The summed E-state index contributed by atoms with van der Waals surface area (Å²) in [4.78, 5) is 9.97. The molecule has 1 aromatic carbocycles. The molecule has 0 bridgehead atoms. The van der Waals surface area contributed by atoms with Gasteiger partial charge in [0.25, 0.3) is 0 Å². The van der Waals surface area contributed by atoms with Crippen molar-refractivity contribution in [2.75, 3.05) is 6.26 Å². The minimum Gasteiger partial charge on any atom is -0.471 e. The van der Waals surface area contributed by atoms with Gasteiger partial charge in [0.2, 0.25) is 5.88 Å². The van der Waals surface area contributed by atoms with Crippen LogP contribution >= 0.6 is 11.3 Å². The molecule has 0 saturated heterocycles. The SMILES string of the molecule is Cc1csc(COc2cncc(-c3ccc(S(C)(=O)=O)cc3)n2)c1. The van der Waals surface area contributed by atoms with E-state index in [1.807, 2.05) is 6.92 Å².